The van der Waals surface area contributed by atoms with Crippen molar-refractivity contribution < 1.29 is 19.4 Å². The zero-order chi connectivity index (χ0) is 14.1. The lowest BCUT2D eigenvalue weighted by Crippen LogP contribution is -2.19. The van der Waals surface area contributed by atoms with Gasteiger partial charge in [0.2, 0.25) is 0 Å². The van der Waals surface area contributed by atoms with Crippen molar-refractivity contribution in [2.75, 3.05) is 0 Å². The standard InChI is InChI=1S/C12H14O4.H4N2/c1-3-10(16-12(15)11(13)14)9-6-4-8(2)5-7-9;1-2/h4-7,10H,3H2,1-2H3,(H,13,14);1-2H2. The fourth-order valence-electron chi connectivity index (χ4n) is 1.35. The second kappa shape index (κ2) is 8.21. The first-order valence-corrected chi connectivity index (χ1v) is 5.38. The molecule has 0 radical (unpaired) electrons. The molecule has 1 atom stereocenters. The maximum atomic E-state index is 10.9. The van der Waals surface area contributed by atoms with E-state index in [2.05, 4.69) is 11.7 Å². The SMILES string of the molecule is CCC(OC(=O)C(=O)O)c1ccc(C)cc1.NN. The molecule has 0 heterocycles. The monoisotopic (exact) mass is 254 g/mol. The summed E-state index contributed by atoms with van der Waals surface area (Å²) >= 11 is 0. The molecule has 0 aliphatic carbocycles. The van der Waals surface area contributed by atoms with Crippen LogP contribution in [0.1, 0.15) is 30.6 Å². The Morgan fingerprint density at radius 1 is 1.28 bits per heavy atom. The molecular weight excluding hydrogens is 236 g/mol. The number of benzene rings is 1. The third kappa shape index (κ3) is 4.94. The van der Waals surface area contributed by atoms with Crippen LogP contribution in [0.15, 0.2) is 24.3 Å². The summed E-state index contributed by atoms with van der Waals surface area (Å²) in [6, 6.07) is 7.45. The molecule has 0 spiro atoms. The lowest BCUT2D eigenvalue weighted by atomic mass is 10.1. The second-order valence-electron chi connectivity index (χ2n) is 3.52. The average molecular weight is 254 g/mol. The lowest BCUT2D eigenvalue weighted by molar-refractivity contribution is -0.167. The van der Waals surface area contributed by atoms with E-state index in [1.165, 1.54) is 0 Å². The van der Waals surface area contributed by atoms with Crippen molar-refractivity contribution in [3.8, 4) is 0 Å². The van der Waals surface area contributed by atoms with Crippen molar-refractivity contribution in [1.29, 1.82) is 0 Å². The van der Waals surface area contributed by atoms with Crippen LogP contribution in [-0.4, -0.2) is 17.0 Å². The van der Waals surface area contributed by atoms with Gasteiger partial charge in [-0.2, -0.15) is 0 Å². The van der Waals surface area contributed by atoms with Crippen molar-refractivity contribution in [2.45, 2.75) is 26.4 Å². The van der Waals surface area contributed by atoms with E-state index in [0.717, 1.165) is 11.1 Å². The lowest BCUT2D eigenvalue weighted by Gasteiger charge is -2.15. The van der Waals surface area contributed by atoms with Crippen LogP contribution in [0.4, 0.5) is 0 Å². The third-order valence-corrected chi connectivity index (χ3v) is 2.24. The van der Waals surface area contributed by atoms with Gasteiger partial charge in [-0.05, 0) is 18.9 Å². The number of carboxylic acids is 1. The van der Waals surface area contributed by atoms with Crippen molar-refractivity contribution in [3.05, 3.63) is 35.4 Å². The fraction of sp³-hybridized carbons (Fsp3) is 0.333. The number of carboxylic acid groups (broad SMARTS) is 1. The number of ether oxygens (including phenoxy) is 1. The molecule has 6 nitrogen and oxygen atoms in total. The summed E-state index contributed by atoms with van der Waals surface area (Å²) in [7, 11) is 0. The predicted molar refractivity (Wildman–Crippen MR) is 66.3 cm³/mol. The maximum absolute atomic E-state index is 10.9. The minimum Gasteiger partial charge on any atom is -0.473 e. The molecule has 0 saturated heterocycles. The largest absolute Gasteiger partial charge is 0.473 e. The summed E-state index contributed by atoms with van der Waals surface area (Å²) in [5, 5.41) is 8.44. The van der Waals surface area contributed by atoms with E-state index in [-0.39, 0.29) is 0 Å². The highest BCUT2D eigenvalue weighted by Crippen LogP contribution is 2.21. The van der Waals surface area contributed by atoms with Crippen LogP contribution >= 0.6 is 0 Å². The highest BCUT2D eigenvalue weighted by molar-refractivity contribution is 6.28. The molecule has 0 aromatic heterocycles. The van der Waals surface area contributed by atoms with E-state index >= 15 is 0 Å². The van der Waals surface area contributed by atoms with E-state index in [4.69, 9.17) is 9.84 Å². The quantitative estimate of drug-likeness (QED) is 0.319. The second-order valence-corrected chi connectivity index (χ2v) is 3.52. The molecule has 18 heavy (non-hydrogen) atoms. The van der Waals surface area contributed by atoms with E-state index in [1.807, 2.05) is 38.1 Å². The number of carbonyl (C=O) groups excluding carboxylic acids is 1. The van der Waals surface area contributed by atoms with Gasteiger partial charge in [0.25, 0.3) is 0 Å². The van der Waals surface area contributed by atoms with Crippen LogP contribution in [0.2, 0.25) is 0 Å². The van der Waals surface area contributed by atoms with Gasteiger partial charge in [0.15, 0.2) is 0 Å². The number of carbonyl (C=O) groups is 2. The van der Waals surface area contributed by atoms with E-state index in [0.29, 0.717) is 6.42 Å². The van der Waals surface area contributed by atoms with Crippen LogP contribution in [-0.2, 0) is 14.3 Å². The van der Waals surface area contributed by atoms with Crippen LogP contribution in [0.3, 0.4) is 0 Å². The molecule has 1 unspecified atom stereocenters. The van der Waals surface area contributed by atoms with Gasteiger partial charge in [-0.25, -0.2) is 9.59 Å². The van der Waals surface area contributed by atoms with Gasteiger partial charge in [0.1, 0.15) is 6.10 Å². The van der Waals surface area contributed by atoms with Crippen LogP contribution in [0, 0.1) is 6.92 Å². The summed E-state index contributed by atoms with van der Waals surface area (Å²) in [4.78, 5) is 21.3. The van der Waals surface area contributed by atoms with E-state index < -0.39 is 18.0 Å². The zero-order valence-electron chi connectivity index (χ0n) is 10.4. The van der Waals surface area contributed by atoms with Gasteiger partial charge < -0.3 is 9.84 Å². The Bertz CT molecular complexity index is 390. The first-order valence-electron chi connectivity index (χ1n) is 5.38. The summed E-state index contributed by atoms with van der Waals surface area (Å²) in [5.41, 5.74) is 1.91. The van der Waals surface area contributed by atoms with Gasteiger partial charge in [-0.3, -0.25) is 11.7 Å². The van der Waals surface area contributed by atoms with Crippen molar-refractivity contribution in [1.82, 2.24) is 0 Å². The molecule has 1 rings (SSSR count). The third-order valence-electron chi connectivity index (χ3n) is 2.24. The Hall–Kier alpha value is -1.92. The van der Waals surface area contributed by atoms with Crippen molar-refractivity contribution in [3.63, 3.8) is 0 Å². The number of esters is 1. The number of aliphatic carboxylic acids is 1. The summed E-state index contributed by atoms with van der Waals surface area (Å²) in [6.07, 6.45) is 0.0476. The molecular formula is C12H18N2O4. The van der Waals surface area contributed by atoms with Crippen LogP contribution in [0.5, 0.6) is 0 Å². The topological polar surface area (TPSA) is 116 Å². The zero-order valence-corrected chi connectivity index (χ0v) is 10.4. The smallest absolute Gasteiger partial charge is 0.417 e. The Kier molecular flexibility index (Phi) is 7.34. The van der Waals surface area contributed by atoms with Crippen molar-refractivity contribution >= 4 is 11.9 Å². The van der Waals surface area contributed by atoms with Crippen molar-refractivity contribution in [2.24, 2.45) is 11.7 Å². The molecule has 5 N–H and O–H groups in total. The van der Waals surface area contributed by atoms with E-state index in [9.17, 15) is 9.59 Å². The molecule has 100 valence electrons. The molecule has 1 aromatic rings. The number of aryl methyl sites for hydroxylation is 1. The molecule has 0 aliphatic rings. The first kappa shape index (κ1) is 16.1. The molecule has 0 amide bonds. The molecule has 0 saturated carbocycles. The molecule has 0 bridgehead atoms. The summed E-state index contributed by atoms with van der Waals surface area (Å²) in [5.74, 6) is 5.22. The molecule has 6 heteroatoms. The minimum absolute atomic E-state index is 0.496. The van der Waals surface area contributed by atoms with Gasteiger partial charge in [0.05, 0.1) is 0 Å². The van der Waals surface area contributed by atoms with Gasteiger partial charge in [0, 0.05) is 0 Å². The number of hydrogen-bond acceptors (Lipinski definition) is 5. The Morgan fingerprint density at radius 3 is 2.17 bits per heavy atom. The Balaban J connectivity index is 0.00000137. The highest BCUT2D eigenvalue weighted by atomic mass is 16.6. The number of hydrazine groups is 1. The number of nitrogens with two attached hydrogens (primary N) is 2. The predicted octanol–water partition coefficient (Wildman–Crippen LogP) is 0.893. The maximum Gasteiger partial charge on any atom is 0.417 e. The fourth-order valence-corrected chi connectivity index (χ4v) is 1.35. The summed E-state index contributed by atoms with van der Waals surface area (Å²) in [6.45, 7) is 3.79. The highest BCUT2D eigenvalue weighted by Gasteiger charge is 2.19. The summed E-state index contributed by atoms with van der Waals surface area (Å²) < 4.78 is 4.85. The Morgan fingerprint density at radius 2 is 1.78 bits per heavy atom. The van der Waals surface area contributed by atoms with Gasteiger partial charge in [-0.15, -0.1) is 0 Å². The molecule has 1 aromatic carbocycles. The molecule has 0 aliphatic heterocycles. The minimum atomic E-state index is -1.56. The van der Waals surface area contributed by atoms with E-state index in [1.54, 1.807) is 0 Å². The molecule has 0 fully saturated rings. The normalized spacial score (nSPS) is 10.9. The van der Waals surface area contributed by atoms with Gasteiger partial charge in [-0.1, -0.05) is 36.8 Å². The number of rotatable bonds is 3. The Labute approximate surface area is 106 Å². The first-order chi connectivity index (χ1) is 8.54. The number of hydrogen-bond donors (Lipinski definition) is 3. The van der Waals surface area contributed by atoms with Crippen LogP contribution < -0.4 is 11.7 Å². The van der Waals surface area contributed by atoms with Gasteiger partial charge >= 0.3 is 11.9 Å². The van der Waals surface area contributed by atoms with Crippen LogP contribution in [0.25, 0.3) is 0 Å². The average Bonchev–Trinajstić information content (AvgIpc) is 2.39.